The zero-order chi connectivity index (χ0) is 10.5. The number of carbonyl (C=O) groups is 1. The summed E-state index contributed by atoms with van der Waals surface area (Å²) < 4.78 is 0.813. The Labute approximate surface area is 86.8 Å². The molecule has 13 heavy (non-hydrogen) atoms. The molecular formula is C9H19NOPS+. The van der Waals surface area contributed by atoms with Gasteiger partial charge in [-0.2, -0.15) is 0 Å². The molecule has 0 aliphatic rings. The van der Waals surface area contributed by atoms with Gasteiger partial charge in [0.15, 0.2) is 0 Å². The minimum absolute atomic E-state index is 0.0373. The summed E-state index contributed by atoms with van der Waals surface area (Å²) in [4.78, 5) is 10.9. The molecule has 0 aromatic carbocycles. The van der Waals surface area contributed by atoms with E-state index in [1.807, 2.05) is 0 Å². The largest absolute Gasteiger partial charge is 0.288 e. The molecule has 0 unspecified atom stereocenters. The smallest absolute Gasteiger partial charge is 0.227 e. The van der Waals surface area contributed by atoms with Gasteiger partial charge in [-0.3, -0.25) is 10.1 Å². The molecule has 0 bridgehead atoms. The SMILES string of the molecule is CC[P+](CC)(CC)C(=S)NC(C)=O. The van der Waals surface area contributed by atoms with Crippen LogP contribution in [0.3, 0.4) is 0 Å². The fraction of sp³-hybridized carbons (Fsp3) is 0.778. The Kier molecular flexibility index (Phi) is 5.66. The molecule has 0 saturated heterocycles. The van der Waals surface area contributed by atoms with Gasteiger partial charge in [0.25, 0.3) is 0 Å². The maximum Gasteiger partial charge on any atom is 0.227 e. The molecule has 1 N–H and O–H groups in total. The van der Waals surface area contributed by atoms with Crippen LogP contribution in [0, 0.1) is 0 Å². The predicted molar refractivity (Wildman–Crippen MR) is 65.0 cm³/mol. The quantitative estimate of drug-likeness (QED) is 0.582. The first kappa shape index (κ1) is 13.0. The summed E-state index contributed by atoms with van der Waals surface area (Å²) in [5.74, 6) is -0.0373. The lowest BCUT2D eigenvalue weighted by atomic mass is 10.7. The van der Waals surface area contributed by atoms with Crippen molar-refractivity contribution in [3.63, 3.8) is 0 Å². The van der Waals surface area contributed by atoms with Gasteiger partial charge in [-0.25, -0.2) is 0 Å². The second-order valence-corrected chi connectivity index (χ2v) is 8.43. The van der Waals surface area contributed by atoms with Crippen molar-refractivity contribution in [2.75, 3.05) is 18.5 Å². The van der Waals surface area contributed by atoms with Crippen LogP contribution in [-0.2, 0) is 4.79 Å². The summed E-state index contributed by atoms with van der Waals surface area (Å²) in [7, 11) is -1.18. The monoisotopic (exact) mass is 220 g/mol. The summed E-state index contributed by atoms with van der Waals surface area (Å²) in [6, 6.07) is 0. The van der Waals surface area contributed by atoms with Crippen molar-refractivity contribution in [3.8, 4) is 0 Å². The van der Waals surface area contributed by atoms with Crippen LogP contribution in [0.1, 0.15) is 27.7 Å². The van der Waals surface area contributed by atoms with E-state index in [1.165, 1.54) is 6.92 Å². The number of nitrogens with one attached hydrogen (secondary N) is 1. The highest BCUT2D eigenvalue weighted by atomic mass is 32.1. The summed E-state index contributed by atoms with van der Waals surface area (Å²) in [5, 5.41) is 2.78. The summed E-state index contributed by atoms with van der Waals surface area (Å²) in [6.45, 7) is 8.00. The minimum atomic E-state index is -1.18. The molecule has 0 radical (unpaired) electrons. The molecule has 0 rings (SSSR count). The van der Waals surface area contributed by atoms with Crippen LogP contribution in [-0.4, -0.2) is 29.1 Å². The third-order valence-electron chi connectivity index (χ3n) is 2.53. The van der Waals surface area contributed by atoms with Gasteiger partial charge in [0.2, 0.25) is 10.6 Å². The molecule has 0 aromatic rings. The standard InChI is InChI=1S/C9H18NOPS/c1-5-12(6-2,7-3)9(13)10-8(4)11/h5-7H2,1-4H3/p+1. The van der Waals surface area contributed by atoms with Gasteiger partial charge >= 0.3 is 0 Å². The van der Waals surface area contributed by atoms with Crippen molar-refractivity contribution in [1.82, 2.24) is 5.32 Å². The maximum atomic E-state index is 10.9. The molecule has 0 atom stereocenters. The normalized spacial score (nSPS) is 11.1. The number of rotatable bonds is 4. The summed E-state index contributed by atoms with van der Waals surface area (Å²) in [5.41, 5.74) is 0. The van der Waals surface area contributed by atoms with Crippen LogP contribution in [0.2, 0.25) is 0 Å². The molecule has 0 aliphatic heterocycles. The molecule has 2 nitrogen and oxygen atoms in total. The highest BCUT2D eigenvalue weighted by molar-refractivity contribution is 8.06. The van der Waals surface area contributed by atoms with Crippen molar-refractivity contribution in [1.29, 1.82) is 0 Å². The van der Waals surface area contributed by atoms with Crippen molar-refractivity contribution in [2.24, 2.45) is 0 Å². The van der Waals surface area contributed by atoms with Crippen LogP contribution in [0.15, 0.2) is 0 Å². The van der Waals surface area contributed by atoms with E-state index in [-0.39, 0.29) is 5.91 Å². The van der Waals surface area contributed by atoms with Crippen molar-refractivity contribution >= 4 is 30.1 Å². The lowest BCUT2D eigenvalue weighted by Gasteiger charge is -2.23. The molecule has 76 valence electrons. The van der Waals surface area contributed by atoms with E-state index in [1.54, 1.807) is 0 Å². The van der Waals surface area contributed by atoms with Gasteiger partial charge < -0.3 is 0 Å². The minimum Gasteiger partial charge on any atom is -0.288 e. The summed E-state index contributed by atoms with van der Waals surface area (Å²) >= 11 is 5.28. The van der Waals surface area contributed by atoms with Crippen LogP contribution >= 0.6 is 19.5 Å². The Hall–Kier alpha value is -0.0100. The van der Waals surface area contributed by atoms with Crippen molar-refractivity contribution in [3.05, 3.63) is 0 Å². The fourth-order valence-corrected chi connectivity index (χ4v) is 5.27. The van der Waals surface area contributed by atoms with Crippen LogP contribution in [0.25, 0.3) is 0 Å². The highest BCUT2D eigenvalue weighted by Gasteiger charge is 2.37. The highest BCUT2D eigenvalue weighted by Crippen LogP contribution is 2.58. The first-order chi connectivity index (χ1) is 6.02. The number of hydrogen-bond donors (Lipinski definition) is 1. The van der Waals surface area contributed by atoms with Gasteiger partial charge in [-0.1, -0.05) is 0 Å². The molecule has 0 saturated carbocycles. The predicted octanol–water partition coefficient (Wildman–Crippen LogP) is 2.48. The first-order valence-electron chi connectivity index (χ1n) is 4.70. The first-order valence-corrected chi connectivity index (χ1v) is 7.45. The molecule has 0 spiro atoms. The Morgan fingerprint density at radius 3 is 1.85 bits per heavy atom. The molecule has 1 amide bonds. The van der Waals surface area contributed by atoms with Gasteiger partial charge in [-0.15, -0.1) is 0 Å². The fourth-order valence-electron chi connectivity index (χ4n) is 1.37. The van der Waals surface area contributed by atoms with E-state index < -0.39 is 7.26 Å². The Bertz CT molecular complexity index is 194. The Morgan fingerprint density at radius 2 is 1.62 bits per heavy atom. The van der Waals surface area contributed by atoms with Gasteiger partial charge in [0.05, 0.1) is 25.7 Å². The van der Waals surface area contributed by atoms with Crippen molar-refractivity contribution < 1.29 is 4.79 Å². The lowest BCUT2D eigenvalue weighted by molar-refractivity contribution is -0.117. The van der Waals surface area contributed by atoms with Crippen LogP contribution < -0.4 is 5.32 Å². The number of amides is 1. The van der Waals surface area contributed by atoms with E-state index in [2.05, 4.69) is 26.1 Å². The van der Waals surface area contributed by atoms with E-state index in [0.29, 0.717) is 0 Å². The number of hydrogen-bond acceptors (Lipinski definition) is 2. The molecule has 0 aromatic heterocycles. The van der Waals surface area contributed by atoms with E-state index in [9.17, 15) is 4.79 Å². The third-order valence-corrected chi connectivity index (χ3v) is 8.40. The second-order valence-electron chi connectivity index (χ2n) is 3.08. The number of carbonyl (C=O) groups excluding carboxylic acids is 1. The Morgan fingerprint density at radius 1 is 1.23 bits per heavy atom. The molecule has 4 heteroatoms. The van der Waals surface area contributed by atoms with Gasteiger partial charge in [-0.05, 0) is 33.0 Å². The van der Waals surface area contributed by atoms with E-state index in [0.717, 1.165) is 23.2 Å². The summed E-state index contributed by atoms with van der Waals surface area (Å²) in [6.07, 6.45) is 3.29. The molecule has 0 heterocycles. The van der Waals surface area contributed by atoms with Crippen LogP contribution in [0.4, 0.5) is 0 Å². The maximum absolute atomic E-state index is 10.9. The molecule has 0 aliphatic carbocycles. The second kappa shape index (κ2) is 5.66. The lowest BCUT2D eigenvalue weighted by Crippen LogP contribution is -2.30. The topological polar surface area (TPSA) is 29.1 Å². The Balaban J connectivity index is 4.53. The zero-order valence-corrected chi connectivity index (χ0v) is 10.6. The van der Waals surface area contributed by atoms with Crippen LogP contribution in [0.5, 0.6) is 0 Å². The average Bonchev–Trinajstić information content (AvgIpc) is 2.07. The van der Waals surface area contributed by atoms with Gasteiger partial charge in [0, 0.05) is 6.92 Å². The van der Waals surface area contributed by atoms with Gasteiger partial charge in [0.1, 0.15) is 0 Å². The zero-order valence-electron chi connectivity index (χ0n) is 8.89. The van der Waals surface area contributed by atoms with E-state index in [4.69, 9.17) is 12.2 Å². The van der Waals surface area contributed by atoms with E-state index >= 15 is 0 Å². The molecular weight excluding hydrogens is 201 g/mol. The molecule has 0 fully saturated rings. The van der Waals surface area contributed by atoms with Crippen molar-refractivity contribution in [2.45, 2.75) is 27.7 Å². The average molecular weight is 220 g/mol. The number of thiocarbonyl (C=S) groups is 1. The third kappa shape index (κ3) is 3.32.